The predicted octanol–water partition coefficient (Wildman–Crippen LogP) is 1.05. The number of pyridine rings is 1. The lowest BCUT2D eigenvalue weighted by Gasteiger charge is -2.30. The average molecular weight is 247 g/mol. The molecule has 1 aliphatic heterocycles. The summed E-state index contributed by atoms with van der Waals surface area (Å²) in [7, 11) is 0. The standard InChI is InChI=1S/C14H21N3O/c1-10-5-6-15-9-13(10)17-14(18)7-12-4-3-11(2)16-8-12/h3-4,8,10,13,15H,5-7,9H2,1-2H3,(H,17,18). The lowest BCUT2D eigenvalue weighted by atomic mass is 9.94. The van der Waals surface area contributed by atoms with E-state index in [4.69, 9.17) is 0 Å². The Hall–Kier alpha value is -1.42. The molecule has 4 nitrogen and oxygen atoms in total. The maximum absolute atomic E-state index is 11.9. The molecule has 0 aromatic carbocycles. The van der Waals surface area contributed by atoms with Gasteiger partial charge in [0, 0.05) is 24.5 Å². The van der Waals surface area contributed by atoms with Crippen LogP contribution in [0.1, 0.15) is 24.6 Å². The fourth-order valence-electron chi connectivity index (χ4n) is 2.23. The molecule has 1 aromatic heterocycles. The molecule has 2 unspecified atom stereocenters. The fourth-order valence-corrected chi connectivity index (χ4v) is 2.23. The van der Waals surface area contributed by atoms with Crippen LogP contribution in [0.4, 0.5) is 0 Å². The molecule has 1 fully saturated rings. The number of aromatic nitrogens is 1. The van der Waals surface area contributed by atoms with Gasteiger partial charge in [0.2, 0.25) is 5.91 Å². The Morgan fingerprint density at radius 3 is 3.06 bits per heavy atom. The molecule has 2 rings (SSSR count). The van der Waals surface area contributed by atoms with Crippen molar-refractivity contribution in [2.24, 2.45) is 5.92 Å². The number of hydrogen-bond acceptors (Lipinski definition) is 3. The van der Waals surface area contributed by atoms with Crippen molar-refractivity contribution in [3.63, 3.8) is 0 Å². The highest BCUT2D eigenvalue weighted by atomic mass is 16.1. The molecule has 98 valence electrons. The van der Waals surface area contributed by atoms with Gasteiger partial charge in [-0.15, -0.1) is 0 Å². The average Bonchev–Trinajstić information content (AvgIpc) is 2.35. The van der Waals surface area contributed by atoms with Crippen LogP contribution in [0.15, 0.2) is 18.3 Å². The first-order valence-corrected chi connectivity index (χ1v) is 6.57. The summed E-state index contributed by atoms with van der Waals surface area (Å²) in [6, 6.07) is 4.15. The predicted molar refractivity (Wildman–Crippen MR) is 71.3 cm³/mol. The smallest absolute Gasteiger partial charge is 0.224 e. The van der Waals surface area contributed by atoms with Crippen molar-refractivity contribution in [2.75, 3.05) is 13.1 Å². The van der Waals surface area contributed by atoms with E-state index in [9.17, 15) is 4.79 Å². The minimum atomic E-state index is 0.0844. The number of amides is 1. The lowest BCUT2D eigenvalue weighted by Crippen LogP contribution is -2.50. The summed E-state index contributed by atoms with van der Waals surface area (Å²) in [5.41, 5.74) is 1.94. The summed E-state index contributed by atoms with van der Waals surface area (Å²) >= 11 is 0. The van der Waals surface area contributed by atoms with E-state index in [1.54, 1.807) is 6.20 Å². The number of nitrogens with one attached hydrogen (secondary N) is 2. The Balaban J connectivity index is 1.86. The van der Waals surface area contributed by atoms with Gasteiger partial charge in [-0.3, -0.25) is 9.78 Å². The van der Waals surface area contributed by atoms with Crippen LogP contribution in [0.3, 0.4) is 0 Å². The highest BCUT2D eigenvalue weighted by Gasteiger charge is 2.22. The van der Waals surface area contributed by atoms with E-state index in [0.29, 0.717) is 12.3 Å². The molecule has 1 amide bonds. The second kappa shape index (κ2) is 5.96. The largest absolute Gasteiger partial charge is 0.352 e. The molecule has 1 aliphatic rings. The van der Waals surface area contributed by atoms with Gasteiger partial charge >= 0.3 is 0 Å². The summed E-state index contributed by atoms with van der Waals surface area (Å²) in [4.78, 5) is 16.1. The minimum absolute atomic E-state index is 0.0844. The second-order valence-corrected chi connectivity index (χ2v) is 5.13. The van der Waals surface area contributed by atoms with Gasteiger partial charge in [0.15, 0.2) is 0 Å². The van der Waals surface area contributed by atoms with E-state index in [2.05, 4.69) is 22.5 Å². The number of nitrogens with zero attached hydrogens (tertiary/aromatic N) is 1. The summed E-state index contributed by atoms with van der Waals surface area (Å²) in [6.45, 7) is 6.06. The van der Waals surface area contributed by atoms with Crippen LogP contribution < -0.4 is 10.6 Å². The van der Waals surface area contributed by atoms with Crippen LogP contribution in [-0.4, -0.2) is 30.0 Å². The number of carbonyl (C=O) groups excluding carboxylic acids is 1. The highest BCUT2D eigenvalue weighted by molar-refractivity contribution is 5.78. The maximum atomic E-state index is 11.9. The van der Waals surface area contributed by atoms with Crippen molar-refractivity contribution in [1.82, 2.24) is 15.6 Å². The zero-order valence-corrected chi connectivity index (χ0v) is 11.1. The molecule has 18 heavy (non-hydrogen) atoms. The molecular weight excluding hydrogens is 226 g/mol. The second-order valence-electron chi connectivity index (χ2n) is 5.13. The SMILES string of the molecule is Cc1ccc(CC(=O)NC2CNCCC2C)cn1. The van der Waals surface area contributed by atoms with Crippen LogP contribution >= 0.6 is 0 Å². The van der Waals surface area contributed by atoms with Crippen LogP contribution in [-0.2, 0) is 11.2 Å². The normalized spacial score (nSPS) is 23.7. The van der Waals surface area contributed by atoms with Crippen molar-refractivity contribution >= 4 is 5.91 Å². The molecule has 2 N–H and O–H groups in total. The Bertz CT molecular complexity index is 402. The molecule has 0 bridgehead atoms. The van der Waals surface area contributed by atoms with Gasteiger partial charge in [0.25, 0.3) is 0 Å². The quantitative estimate of drug-likeness (QED) is 0.839. The molecule has 1 saturated heterocycles. The molecule has 0 saturated carbocycles. The molecule has 0 spiro atoms. The number of rotatable bonds is 3. The van der Waals surface area contributed by atoms with Crippen LogP contribution in [0.25, 0.3) is 0 Å². The van der Waals surface area contributed by atoms with Crippen LogP contribution in [0.5, 0.6) is 0 Å². The van der Waals surface area contributed by atoms with E-state index in [1.165, 1.54) is 0 Å². The van der Waals surface area contributed by atoms with Gasteiger partial charge in [0.05, 0.1) is 6.42 Å². The molecule has 0 aliphatic carbocycles. The number of hydrogen-bond donors (Lipinski definition) is 2. The van der Waals surface area contributed by atoms with Crippen molar-refractivity contribution < 1.29 is 4.79 Å². The van der Waals surface area contributed by atoms with Crippen molar-refractivity contribution in [3.8, 4) is 0 Å². The monoisotopic (exact) mass is 247 g/mol. The molecule has 4 heteroatoms. The Morgan fingerprint density at radius 2 is 2.39 bits per heavy atom. The zero-order chi connectivity index (χ0) is 13.0. The summed E-state index contributed by atoms with van der Waals surface area (Å²) in [5.74, 6) is 0.632. The first-order valence-electron chi connectivity index (χ1n) is 6.57. The van der Waals surface area contributed by atoms with Gasteiger partial charge < -0.3 is 10.6 Å². The highest BCUT2D eigenvalue weighted by Crippen LogP contribution is 2.11. The molecule has 2 heterocycles. The Morgan fingerprint density at radius 1 is 1.56 bits per heavy atom. The van der Waals surface area contributed by atoms with Gasteiger partial charge in [-0.05, 0) is 37.4 Å². The molecule has 1 aromatic rings. The maximum Gasteiger partial charge on any atom is 0.224 e. The Kier molecular flexibility index (Phi) is 4.31. The van der Waals surface area contributed by atoms with Gasteiger partial charge in [-0.1, -0.05) is 13.0 Å². The third-order valence-corrected chi connectivity index (χ3v) is 3.51. The lowest BCUT2D eigenvalue weighted by molar-refractivity contribution is -0.121. The summed E-state index contributed by atoms with van der Waals surface area (Å²) in [5, 5.41) is 6.42. The van der Waals surface area contributed by atoms with Gasteiger partial charge in [0.1, 0.15) is 0 Å². The first kappa shape index (κ1) is 13.0. The van der Waals surface area contributed by atoms with Gasteiger partial charge in [-0.2, -0.15) is 0 Å². The third-order valence-electron chi connectivity index (χ3n) is 3.51. The zero-order valence-electron chi connectivity index (χ0n) is 11.1. The van der Waals surface area contributed by atoms with E-state index in [1.807, 2.05) is 19.1 Å². The van der Waals surface area contributed by atoms with Crippen LogP contribution in [0.2, 0.25) is 0 Å². The topological polar surface area (TPSA) is 54.0 Å². The summed E-state index contributed by atoms with van der Waals surface area (Å²) in [6.07, 6.45) is 3.31. The Labute approximate surface area is 108 Å². The van der Waals surface area contributed by atoms with Crippen LogP contribution in [0, 0.1) is 12.8 Å². The van der Waals surface area contributed by atoms with Crippen molar-refractivity contribution in [1.29, 1.82) is 0 Å². The fraction of sp³-hybridized carbons (Fsp3) is 0.571. The summed E-state index contributed by atoms with van der Waals surface area (Å²) < 4.78 is 0. The molecule has 2 atom stereocenters. The van der Waals surface area contributed by atoms with Crippen molar-refractivity contribution in [2.45, 2.75) is 32.7 Å². The van der Waals surface area contributed by atoms with E-state index in [-0.39, 0.29) is 11.9 Å². The minimum Gasteiger partial charge on any atom is -0.352 e. The van der Waals surface area contributed by atoms with Gasteiger partial charge in [-0.25, -0.2) is 0 Å². The number of carbonyl (C=O) groups is 1. The van der Waals surface area contributed by atoms with E-state index >= 15 is 0 Å². The third kappa shape index (κ3) is 3.53. The number of piperidine rings is 1. The first-order chi connectivity index (χ1) is 8.65. The van der Waals surface area contributed by atoms with E-state index < -0.39 is 0 Å². The van der Waals surface area contributed by atoms with Crippen molar-refractivity contribution in [3.05, 3.63) is 29.6 Å². The van der Waals surface area contributed by atoms with E-state index in [0.717, 1.165) is 30.8 Å². The number of aryl methyl sites for hydroxylation is 1. The molecular formula is C14H21N3O. The molecule has 0 radical (unpaired) electrons.